The molecule has 1 aromatic heterocycles. The van der Waals surface area contributed by atoms with Crippen LogP contribution in [0.15, 0.2) is 30.6 Å². The zero-order chi connectivity index (χ0) is 18.1. The maximum absolute atomic E-state index is 12.7. The lowest BCUT2D eigenvalue weighted by Crippen LogP contribution is -2.54. The van der Waals surface area contributed by atoms with Gasteiger partial charge in [-0.3, -0.25) is 4.79 Å². The van der Waals surface area contributed by atoms with E-state index in [2.05, 4.69) is 4.98 Å². The van der Waals surface area contributed by atoms with Crippen molar-refractivity contribution in [3.63, 3.8) is 0 Å². The zero-order valence-electron chi connectivity index (χ0n) is 14.6. The Morgan fingerprint density at radius 3 is 2.65 bits per heavy atom. The minimum absolute atomic E-state index is 0.000761. The Kier molecular flexibility index (Phi) is 4.40. The van der Waals surface area contributed by atoms with Crippen molar-refractivity contribution in [2.24, 2.45) is 0 Å². The number of imidazole rings is 1. The molecule has 1 amide bonds. The minimum atomic E-state index is -1.07. The smallest absolute Gasteiger partial charge is 0.330 e. The lowest BCUT2D eigenvalue weighted by molar-refractivity contribution is -0.156. The molecule has 1 unspecified atom stereocenters. The lowest BCUT2D eigenvalue weighted by atomic mass is 9.86. The molecule has 7 heteroatoms. The third-order valence-electron chi connectivity index (χ3n) is 5.67. The summed E-state index contributed by atoms with van der Waals surface area (Å²) < 4.78 is 7.37. The van der Waals surface area contributed by atoms with Crippen molar-refractivity contribution < 1.29 is 19.4 Å². The third-order valence-corrected chi connectivity index (χ3v) is 5.67. The highest BCUT2D eigenvalue weighted by Gasteiger charge is 2.45. The number of hydrogen-bond acceptors (Lipinski definition) is 4. The Bertz CT molecular complexity index is 817. The molecular weight excluding hydrogens is 334 g/mol. The third kappa shape index (κ3) is 2.76. The molecule has 3 heterocycles. The summed E-state index contributed by atoms with van der Waals surface area (Å²) in [6.07, 6.45) is 4.73. The predicted molar refractivity (Wildman–Crippen MR) is 94.7 cm³/mol. The van der Waals surface area contributed by atoms with Crippen LogP contribution < -0.4 is 0 Å². The van der Waals surface area contributed by atoms with Crippen molar-refractivity contribution in [1.82, 2.24) is 14.5 Å². The average Bonchev–Trinajstić information content (AvgIpc) is 3.12. The van der Waals surface area contributed by atoms with Gasteiger partial charge in [0, 0.05) is 19.7 Å². The average molecular weight is 357 g/mol. The Morgan fingerprint density at radius 1 is 1.19 bits per heavy atom. The van der Waals surface area contributed by atoms with Crippen molar-refractivity contribution in [2.75, 3.05) is 19.7 Å². The maximum atomic E-state index is 12.7. The lowest BCUT2D eigenvalue weighted by Gasteiger charge is -2.41. The number of aromatic nitrogens is 2. The van der Waals surface area contributed by atoms with E-state index in [1.165, 1.54) is 0 Å². The van der Waals surface area contributed by atoms with E-state index in [-0.39, 0.29) is 12.0 Å². The second-order valence-corrected chi connectivity index (χ2v) is 7.12. The van der Waals surface area contributed by atoms with Crippen LogP contribution in [-0.2, 0) is 19.9 Å². The number of nitrogens with zero attached hydrogens (tertiary/aromatic N) is 3. The first-order valence-electron chi connectivity index (χ1n) is 9.18. The number of carboxylic acid groups (broad SMARTS) is 1. The van der Waals surface area contributed by atoms with Gasteiger partial charge >= 0.3 is 5.97 Å². The summed E-state index contributed by atoms with van der Waals surface area (Å²) in [4.78, 5) is 31.0. The number of carbonyl (C=O) groups excluding carboxylic acids is 1. The van der Waals surface area contributed by atoms with E-state index in [4.69, 9.17) is 4.74 Å². The number of para-hydroxylation sites is 2. The van der Waals surface area contributed by atoms with Crippen LogP contribution in [0.5, 0.6) is 0 Å². The van der Waals surface area contributed by atoms with Gasteiger partial charge in [-0.15, -0.1) is 0 Å². The van der Waals surface area contributed by atoms with Crippen LogP contribution in [0.4, 0.5) is 0 Å². The molecule has 4 rings (SSSR count). The number of fused-ring (bicyclic) bond motifs is 1. The topological polar surface area (TPSA) is 84.7 Å². The van der Waals surface area contributed by atoms with Crippen molar-refractivity contribution in [2.45, 2.75) is 43.7 Å². The second-order valence-electron chi connectivity index (χ2n) is 7.12. The zero-order valence-corrected chi connectivity index (χ0v) is 14.6. The number of piperidine rings is 1. The number of ether oxygens (including phenoxy) is 1. The fourth-order valence-corrected chi connectivity index (χ4v) is 4.09. The minimum Gasteiger partial charge on any atom is -0.479 e. The van der Waals surface area contributed by atoms with Crippen LogP contribution in [0.2, 0.25) is 0 Å². The maximum Gasteiger partial charge on any atom is 0.330 e. The summed E-state index contributed by atoms with van der Waals surface area (Å²) in [5, 5.41) is 10.0. The second kappa shape index (κ2) is 6.72. The fourth-order valence-electron chi connectivity index (χ4n) is 4.09. The molecule has 0 aliphatic carbocycles. The molecule has 2 saturated heterocycles. The highest BCUT2D eigenvalue weighted by Crippen LogP contribution is 2.34. The summed E-state index contributed by atoms with van der Waals surface area (Å²) >= 11 is 0. The Morgan fingerprint density at radius 2 is 1.96 bits per heavy atom. The van der Waals surface area contributed by atoms with E-state index in [1.54, 1.807) is 15.8 Å². The molecule has 2 aromatic rings. The van der Waals surface area contributed by atoms with Crippen molar-refractivity contribution in [1.29, 1.82) is 0 Å². The van der Waals surface area contributed by atoms with Gasteiger partial charge in [0.25, 0.3) is 5.91 Å². The largest absolute Gasteiger partial charge is 0.479 e. The van der Waals surface area contributed by atoms with Gasteiger partial charge in [-0.25, -0.2) is 9.78 Å². The van der Waals surface area contributed by atoms with Gasteiger partial charge in [0.15, 0.2) is 0 Å². The highest BCUT2D eigenvalue weighted by atomic mass is 16.5. The van der Waals surface area contributed by atoms with E-state index in [1.807, 2.05) is 24.3 Å². The van der Waals surface area contributed by atoms with Gasteiger partial charge in [-0.2, -0.15) is 0 Å². The Hall–Kier alpha value is -2.41. The molecule has 138 valence electrons. The van der Waals surface area contributed by atoms with Crippen LogP contribution in [-0.4, -0.2) is 57.2 Å². The number of hydrogen-bond donors (Lipinski definition) is 1. The van der Waals surface area contributed by atoms with Crippen LogP contribution in [0.3, 0.4) is 0 Å². The molecule has 2 fully saturated rings. The van der Waals surface area contributed by atoms with Crippen molar-refractivity contribution in [3.8, 4) is 0 Å². The molecule has 2 aliphatic rings. The monoisotopic (exact) mass is 357 g/mol. The van der Waals surface area contributed by atoms with Crippen LogP contribution in [0.25, 0.3) is 11.0 Å². The van der Waals surface area contributed by atoms with Gasteiger partial charge in [-0.1, -0.05) is 12.1 Å². The molecule has 0 bridgehead atoms. The van der Waals surface area contributed by atoms with Crippen molar-refractivity contribution in [3.05, 3.63) is 30.6 Å². The fraction of sp³-hybridized carbons (Fsp3) is 0.526. The Labute approximate surface area is 151 Å². The van der Waals surface area contributed by atoms with Crippen LogP contribution >= 0.6 is 0 Å². The Balaban J connectivity index is 1.56. The summed E-state index contributed by atoms with van der Waals surface area (Å²) in [5.41, 5.74) is 0.521. The summed E-state index contributed by atoms with van der Waals surface area (Å²) in [6, 6.07) is 7.54. The molecule has 2 aliphatic heterocycles. The van der Waals surface area contributed by atoms with E-state index in [0.717, 1.165) is 30.3 Å². The van der Waals surface area contributed by atoms with Crippen molar-refractivity contribution >= 4 is 22.9 Å². The van der Waals surface area contributed by atoms with Gasteiger partial charge in [0.05, 0.1) is 17.4 Å². The first-order valence-corrected chi connectivity index (χ1v) is 9.18. The molecule has 1 N–H and O–H groups in total. The number of benzene rings is 1. The number of carboxylic acids is 1. The highest BCUT2D eigenvalue weighted by molar-refractivity contribution is 5.84. The summed E-state index contributed by atoms with van der Waals surface area (Å²) in [5.74, 6) is -0.874. The van der Waals surface area contributed by atoms with Crippen LogP contribution in [0, 0.1) is 0 Å². The molecule has 26 heavy (non-hydrogen) atoms. The summed E-state index contributed by atoms with van der Waals surface area (Å²) in [6.45, 7) is 1.46. The van der Waals surface area contributed by atoms with Gasteiger partial charge in [0.2, 0.25) is 0 Å². The number of likely N-dealkylation sites (tertiary alicyclic amines) is 1. The molecule has 0 saturated carbocycles. The van der Waals surface area contributed by atoms with E-state index >= 15 is 0 Å². The number of aliphatic carboxylic acids is 1. The molecule has 1 atom stereocenters. The molecule has 0 radical (unpaired) electrons. The van der Waals surface area contributed by atoms with E-state index in [9.17, 15) is 14.7 Å². The normalized spacial score (nSPS) is 23.1. The standard InChI is InChI=1S/C19H23N3O4/c23-17(16-7-3-4-12-26-16)21-10-8-19(9-11-21,18(24)25)22-13-20-14-5-1-2-6-15(14)22/h1-2,5-6,13,16H,3-4,7-12H2,(H,24,25). The molecule has 7 nitrogen and oxygen atoms in total. The molecule has 1 aromatic carbocycles. The summed E-state index contributed by atoms with van der Waals surface area (Å²) in [7, 11) is 0. The van der Waals surface area contributed by atoms with Crippen LogP contribution in [0.1, 0.15) is 32.1 Å². The number of rotatable bonds is 3. The predicted octanol–water partition coefficient (Wildman–Crippen LogP) is 2.01. The first kappa shape index (κ1) is 17.0. The first-order chi connectivity index (χ1) is 12.6. The number of carbonyl (C=O) groups is 2. The molecular formula is C19H23N3O4. The van der Waals surface area contributed by atoms with E-state index in [0.29, 0.717) is 32.5 Å². The quantitative estimate of drug-likeness (QED) is 0.908. The van der Waals surface area contributed by atoms with Gasteiger partial charge in [-0.05, 0) is 44.2 Å². The van der Waals surface area contributed by atoms with Gasteiger partial charge < -0.3 is 19.3 Å². The molecule has 0 spiro atoms. The van der Waals surface area contributed by atoms with Gasteiger partial charge in [0.1, 0.15) is 11.6 Å². The SMILES string of the molecule is O=C(C1CCCCO1)N1CCC(C(=O)O)(n2cnc3ccccc32)CC1. The van der Waals surface area contributed by atoms with E-state index < -0.39 is 11.5 Å². The number of amides is 1.